The molecule has 0 saturated heterocycles. The molecule has 0 atom stereocenters. The maximum absolute atomic E-state index is 12.0. The van der Waals surface area contributed by atoms with E-state index in [0.717, 1.165) is 44.6 Å². The smallest absolute Gasteiger partial charge is 0.303 e. The number of carbonyl (C=O) groups is 2. The van der Waals surface area contributed by atoms with Crippen LogP contribution in [-0.2, 0) is 9.59 Å². The fourth-order valence-corrected chi connectivity index (χ4v) is 3.20. The van der Waals surface area contributed by atoms with Gasteiger partial charge in [-0.15, -0.1) is 0 Å². The number of rotatable bonds is 6. The van der Waals surface area contributed by atoms with Crippen molar-refractivity contribution in [1.29, 1.82) is 0 Å². The first kappa shape index (κ1) is 14.4. The molecular formula is C15H25NO3. The summed E-state index contributed by atoms with van der Waals surface area (Å²) < 4.78 is 0. The average molecular weight is 267 g/mol. The molecule has 0 unspecified atom stereocenters. The highest BCUT2D eigenvalue weighted by molar-refractivity contribution is 5.78. The number of carboxylic acid groups (broad SMARTS) is 1. The summed E-state index contributed by atoms with van der Waals surface area (Å²) in [6, 6.07) is 0. The third-order valence-corrected chi connectivity index (χ3v) is 4.76. The minimum Gasteiger partial charge on any atom is -0.481 e. The largest absolute Gasteiger partial charge is 0.481 e. The van der Waals surface area contributed by atoms with Crippen LogP contribution < -0.4 is 5.32 Å². The lowest BCUT2D eigenvalue weighted by Crippen LogP contribution is -2.35. The van der Waals surface area contributed by atoms with Crippen LogP contribution in [-0.4, -0.2) is 23.5 Å². The van der Waals surface area contributed by atoms with Gasteiger partial charge in [0.2, 0.25) is 5.91 Å². The van der Waals surface area contributed by atoms with Crippen LogP contribution in [0.2, 0.25) is 0 Å². The van der Waals surface area contributed by atoms with Gasteiger partial charge < -0.3 is 10.4 Å². The number of hydrogen-bond donors (Lipinski definition) is 2. The van der Waals surface area contributed by atoms with Crippen LogP contribution in [0.1, 0.15) is 57.8 Å². The summed E-state index contributed by atoms with van der Waals surface area (Å²) in [5.41, 5.74) is 0. The monoisotopic (exact) mass is 267 g/mol. The highest BCUT2D eigenvalue weighted by Gasteiger charge is 2.27. The van der Waals surface area contributed by atoms with E-state index < -0.39 is 5.97 Å². The number of amides is 1. The molecule has 1 amide bonds. The van der Waals surface area contributed by atoms with Gasteiger partial charge in [-0.25, -0.2) is 0 Å². The molecule has 0 bridgehead atoms. The molecule has 108 valence electrons. The number of carbonyl (C=O) groups excluding carboxylic acids is 1. The Morgan fingerprint density at radius 3 is 2.21 bits per heavy atom. The third-order valence-electron chi connectivity index (χ3n) is 4.76. The molecule has 0 aromatic carbocycles. The summed E-state index contributed by atoms with van der Waals surface area (Å²) in [5.74, 6) is 0.705. The molecule has 4 heteroatoms. The van der Waals surface area contributed by atoms with E-state index in [9.17, 15) is 9.59 Å². The highest BCUT2D eigenvalue weighted by atomic mass is 16.4. The van der Waals surface area contributed by atoms with E-state index in [1.807, 2.05) is 0 Å². The van der Waals surface area contributed by atoms with Crippen LogP contribution in [0.3, 0.4) is 0 Å². The van der Waals surface area contributed by atoms with E-state index in [1.165, 1.54) is 19.3 Å². The minimum atomic E-state index is -0.714. The summed E-state index contributed by atoms with van der Waals surface area (Å²) in [6.07, 6.45) is 8.87. The van der Waals surface area contributed by atoms with Gasteiger partial charge in [0.1, 0.15) is 0 Å². The summed E-state index contributed by atoms with van der Waals surface area (Å²) in [4.78, 5) is 22.6. The predicted octanol–water partition coefficient (Wildman–Crippen LogP) is 2.57. The Labute approximate surface area is 115 Å². The Kier molecular flexibility index (Phi) is 5.23. The Bertz CT molecular complexity index is 317. The molecule has 2 saturated carbocycles. The summed E-state index contributed by atoms with van der Waals surface area (Å²) >= 11 is 0. The van der Waals surface area contributed by atoms with Gasteiger partial charge in [-0.3, -0.25) is 9.59 Å². The number of nitrogens with one attached hydrogen (secondary N) is 1. The molecule has 0 spiro atoms. The SMILES string of the molecule is O=C(O)CC1CCC(C(=O)NCCC2CCC2)CC1. The second-order valence-corrected chi connectivity index (χ2v) is 6.19. The third kappa shape index (κ3) is 4.51. The zero-order chi connectivity index (χ0) is 13.7. The van der Waals surface area contributed by atoms with Crippen molar-refractivity contribution in [2.45, 2.75) is 57.8 Å². The van der Waals surface area contributed by atoms with E-state index in [2.05, 4.69) is 5.32 Å². The molecule has 4 nitrogen and oxygen atoms in total. The molecule has 0 radical (unpaired) electrons. The fourth-order valence-electron chi connectivity index (χ4n) is 3.20. The van der Waals surface area contributed by atoms with E-state index in [0.29, 0.717) is 0 Å². The van der Waals surface area contributed by atoms with Gasteiger partial charge in [-0.05, 0) is 43.9 Å². The molecule has 0 heterocycles. The molecule has 2 aliphatic rings. The van der Waals surface area contributed by atoms with Gasteiger partial charge >= 0.3 is 5.97 Å². The van der Waals surface area contributed by atoms with Crippen LogP contribution in [0, 0.1) is 17.8 Å². The summed E-state index contributed by atoms with van der Waals surface area (Å²) in [5, 5.41) is 11.8. The molecule has 0 aliphatic heterocycles. The number of hydrogen-bond acceptors (Lipinski definition) is 2. The summed E-state index contributed by atoms with van der Waals surface area (Å²) in [7, 11) is 0. The lowest BCUT2D eigenvalue weighted by molar-refractivity contribution is -0.138. The van der Waals surface area contributed by atoms with Crippen LogP contribution in [0.4, 0.5) is 0 Å². The lowest BCUT2D eigenvalue weighted by Gasteiger charge is -2.28. The molecule has 0 aromatic heterocycles. The Morgan fingerprint density at radius 1 is 1.00 bits per heavy atom. The normalized spacial score (nSPS) is 27.6. The minimum absolute atomic E-state index is 0.117. The van der Waals surface area contributed by atoms with Crippen molar-refractivity contribution in [3.63, 3.8) is 0 Å². The predicted molar refractivity (Wildman–Crippen MR) is 72.7 cm³/mol. The Hall–Kier alpha value is -1.06. The maximum Gasteiger partial charge on any atom is 0.303 e. The van der Waals surface area contributed by atoms with Gasteiger partial charge in [0.25, 0.3) is 0 Å². The molecule has 2 N–H and O–H groups in total. The Balaban J connectivity index is 1.60. The molecular weight excluding hydrogens is 242 g/mol. The summed E-state index contributed by atoms with van der Waals surface area (Å²) in [6.45, 7) is 0.818. The first-order valence-electron chi connectivity index (χ1n) is 7.64. The van der Waals surface area contributed by atoms with Gasteiger partial charge in [-0.1, -0.05) is 19.3 Å². The molecule has 2 fully saturated rings. The van der Waals surface area contributed by atoms with Crippen molar-refractivity contribution in [3.05, 3.63) is 0 Å². The molecule has 2 rings (SSSR count). The van der Waals surface area contributed by atoms with Crippen molar-refractivity contribution in [1.82, 2.24) is 5.32 Å². The van der Waals surface area contributed by atoms with E-state index in [4.69, 9.17) is 5.11 Å². The van der Waals surface area contributed by atoms with Crippen molar-refractivity contribution in [2.75, 3.05) is 6.54 Å². The van der Waals surface area contributed by atoms with E-state index in [1.54, 1.807) is 0 Å². The van der Waals surface area contributed by atoms with Crippen molar-refractivity contribution in [2.24, 2.45) is 17.8 Å². The van der Waals surface area contributed by atoms with Gasteiger partial charge in [0.05, 0.1) is 0 Å². The Morgan fingerprint density at radius 2 is 1.68 bits per heavy atom. The molecule has 2 aliphatic carbocycles. The van der Waals surface area contributed by atoms with E-state index in [-0.39, 0.29) is 24.2 Å². The maximum atomic E-state index is 12.0. The first-order valence-corrected chi connectivity index (χ1v) is 7.64. The van der Waals surface area contributed by atoms with Gasteiger partial charge in [-0.2, -0.15) is 0 Å². The molecule has 19 heavy (non-hydrogen) atoms. The zero-order valence-corrected chi connectivity index (χ0v) is 11.6. The van der Waals surface area contributed by atoms with Gasteiger partial charge in [0.15, 0.2) is 0 Å². The molecule has 0 aromatic rings. The van der Waals surface area contributed by atoms with Crippen molar-refractivity contribution in [3.8, 4) is 0 Å². The first-order chi connectivity index (χ1) is 9.15. The second-order valence-electron chi connectivity index (χ2n) is 6.19. The van der Waals surface area contributed by atoms with Crippen molar-refractivity contribution < 1.29 is 14.7 Å². The number of carboxylic acids is 1. The van der Waals surface area contributed by atoms with Gasteiger partial charge in [0, 0.05) is 18.9 Å². The topological polar surface area (TPSA) is 66.4 Å². The quantitative estimate of drug-likeness (QED) is 0.777. The fraction of sp³-hybridized carbons (Fsp3) is 0.867. The van der Waals surface area contributed by atoms with Crippen molar-refractivity contribution >= 4 is 11.9 Å². The van der Waals surface area contributed by atoms with Crippen LogP contribution >= 0.6 is 0 Å². The van der Waals surface area contributed by atoms with Crippen LogP contribution in [0.15, 0.2) is 0 Å². The van der Waals surface area contributed by atoms with Crippen LogP contribution in [0.5, 0.6) is 0 Å². The zero-order valence-electron chi connectivity index (χ0n) is 11.6. The standard InChI is InChI=1S/C15H25NO3/c17-14(18)10-12-4-6-13(7-5-12)15(19)16-9-8-11-2-1-3-11/h11-13H,1-10H2,(H,16,19)(H,17,18). The lowest BCUT2D eigenvalue weighted by atomic mass is 9.80. The number of aliphatic carboxylic acids is 1. The highest BCUT2D eigenvalue weighted by Crippen LogP contribution is 2.31. The van der Waals surface area contributed by atoms with Crippen LogP contribution in [0.25, 0.3) is 0 Å². The average Bonchev–Trinajstić information content (AvgIpc) is 2.32. The second kappa shape index (κ2) is 6.92. The van der Waals surface area contributed by atoms with E-state index >= 15 is 0 Å².